The number of hydrogen-bond donors (Lipinski definition) is 1. The number of nitrogens with one attached hydrogen (secondary N) is 1. The lowest BCUT2D eigenvalue weighted by Gasteiger charge is -2.34. The first-order valence-electron chi connectivity index (χ1n) is 7.12. The van der Waals surface area contributed by atoms with Gasteiger partial charge in [0.15, 0.2) is 0 Å². The molecule has 1 aromatic rings. The molecule has 106 valence electrons. The van der Waals surface area contributed by atoms with Crippen LogP contribution in [0.5, 0.6) is 0 Å². The fraction of sp³-hybridized carbons (Fsp3) is 0.714. The first kappa shape index (κ1) is 14.1. The molecule has 1 aliphatic heterocycles. The molecule has 1 saturated heterocycles. The minimum atomic E-state index is 0.334. The monoisotopic (exact) mass is 264 g/mol. The van der Waals surface area contributed by atoms with E-state index in [1.165, 1.54) is 0 Å². The summed E-state index contributed by atoms with van der Waals surface area (Å²) in [5, 5.41) is 3.00. The van der Waals surface area contributed by atoms with Gasteiger partial charge in [-0.2, -0.15) is 4.98 Å². The molecule has 0 amide bonds. The Hall–Kier alpha value is -1.36. The second kappa shape index (κ2) is 6.70. The highest BCUT2D eigenvalue weighted by Gasteiger charge is 2.22. The third-order valence-electron chi connectivity index (χ3n) is 3.40. The van der Waals surface area contributed by atoms with Crippen LogP contribution < -0.4 is 10.2 Å². The van der Waals surface area contributed by atoms with Gasteiger partial charge in [0.05, 0.1) is 6.10 Å². The Kier molecular flexibility index (Phi) is 4.96. The predicted octanol–water partition coefficient (Wildman–Crippen LogP) is 2.22. The van der Waals surface area contributed by atoms with Crippen molar-refractivity contribution in [3.63, 3.8) is 0 Å². The maximum atomic E-state index is 5.88. The maximum Gasteiger partial charge on any atom is 0.224 e. The van der Waals surface area contributed by atoms with Gasteiger partial charge in [0.25, 0.3) is 0 Å². The third kappa shape index (κ3) is 3.56. The normalized spacial score (nSPS) is 19.5. The summed E-state index contributed by atoms with van der Waals surface area (Å²) in [6.45, 7) is 7.04. The largest absolute Gasteiger partial charge is 0.376 e. The van der Waals surface area contributed by atoms with Gasteiger partial charge in [-0.05, 0) is 26.2 Å². The molecule has 1 aromatic heterocycles. The van der Waals surface area contributed by atoms with Gasteiger partial charge in [-0.15, -0.1) is 0 Å². The van der Waals surface area contributed by atoms with Crippen LogP contribution in [0.4, 0.5) is 11.8 Å². The summed E-state index contributed by atoms with van der Waals surface area (Å²) in [5.41, 5.74) is 1.12. The Balaban J connectivity index is 2.08. The predicted molar refractivity (Wildman–Crippen MR) is 77.8 cm³/mol. The fourth-order valence-electron chi connectivity index (χ4n) is 2.42. The standard InChI is InChI=1S/C14H24N4O/c1-4-8-19-12-6-5-7-18(10-12)13-11(2)9-16-14(15-3)17-13/h9,12H,4-8,10H2,1-3H3,(H,15,16,17). The van der Waals surface area contributed by atoms with Crippen LogP contribution >= 0.6 is 0 Å². The topological polar surface area (TPSA) is 50.3 Å². The minimum absolute atomic E-state index is 0.334. The molecule has 0 saturated carbocycles. The molecular formula is C14H24N4O. The van der Waals surface area contributed by atoms with Crippen LogP contribution in [0.2, 0.25) is 0 Å². The average molecular weight is 264 g/mol. The lowest BCUT2D eigenvalue weighted by molar-refractivity contribution is 0.0439. The molecule has 0 radical (unpaired) electrons. The van der Waals surface area contributed by atoms with E-state index < -0.39 is 0 Å². The Morgan fingerprint density at radius 3 is 3.11 bits per heavy atom. The summed E-state index contributed by atoms with van der Waals surface area (Å²) in [4.78, 5) is 11.1. The molecule has 1 N–H and O–H groups in total. The zero-order chi connectivity index (χ0) is 13.7. The highest BCUT2D eigenvalue weighted by atomic mass is 16.5. The van der Waals surface area contributed by atoms with Crippen molar-refractivity contribution in [3.05, 3.63) is 11.8 Å². The number of rotatable bonds is 5. The molecule has 1 atom stereocenters. The summed E-state index contributed by atoms with van der Waals surface area (Å²) in [6, 6.07) is 0. The molecule has 5 heteroatoms. The van der Waals surface area contributed by atoms with Gasteiger partial charge < -0.3 is 15.0 Å². The molecule has 0 aliphatic carbocycles. The zero-order valence-corrected chi connectivity index (χ0v) is 12.1. The van der Waals surface area contributed by atoms with E-state index in [4.69, 9.17) is 4.74 Å². The van der Waals surface area contributed by atoms with E-state index in [2.05, 4.69) is 34.0 Å². The van der Waals surface area contributed by atoms with Gasteiger partial charge >= 0.3 is 0 Å². The van der Waals surface area contributed by atoms with Crippen LogP contribution in [0.3, 0.4) is 0 Å². The van der Waals surface area contributed by atoms with Crippen molar-refractivity contribution in [3.8, 4) is 0 Å². The van der Waals surface area contributed by atoms with E-state index in [1.54, 1.807) is 0 Å². The highest BCUT2D eigenvalue weighted by molar-refractivity contribution is 5.49. The van der Waals surface area contributed by atoms with Gasteiger partial charge in [-0.3, -0.25) is 0 Å². The summed E-state index contributed by atoms with van der Waals surface area (Å²) in [7, 11) is 1.85. The third-order valence-corrected chi connectivity index (χ3v) is 3.40. The van der Waals surface area contributed by atoms with Crippen molar-refractivity contribution in [2.45, 2.75) is 39.2 Å². The summed E-state index contributed by atoms with van der Waals surface area (Å²) in [5.74, 6) is 1.71. The van der Waals surface area contributed by atoms with Gasteiger partial charge in [0.1, 0.15) is 5.82 Å². The van der Waals surface area contributed by atoms with Crippen molar-refractivity contribution >= 4 is 11.8 Å². The quantitative estimate of drug-likeness (QED) is 0.883. The molecule has 2 heterocycles. The van der Waals surface area contributed by atoms with Crippen molar-refractivity contribution in [2.75, 3.05) is 37.0 Å². The van der Waals surface area contributed by atoms with Crippen LogP contribution in [-0.2, 0) is 4.74 Å². The number of hydrogen-bond acceptors (Lipinski definition) is 5. The van der Waals surface area contributed by atoms with Crippen LogP contribution in [0.15, 0.2) is 6.20 Å². The first-order valence-corrected chi connectivity index (χ1v) is 7.12. The van der Waals surface area contributed by atoms with E-state index in [0.29, 0.717) is 12.1 Å². The van der Waals surface area contributed by atoms with E-state index in [9.17, 15) is 0 Å². The van der Waals surface area contributed by atoms with Gasteiger partial charge in [0.2, 0.25) is 5.95 Å². The molecular weight excluding hydrogens is 240 g/mol. The number of aryl methyl sites for hydroxylation is 1. The molecule has 1 unspecified atom stereocenters. The van der Waals surface area contributed by atoms with E-state index in [-0.39, 0.29) is 0 Å². The Bertz CT molecular complexity index is 410. The van der Waals surface area contributed by atoms with Gasteiger partial charge in [0, 0.05) is 38.5 Å². The average Bonchev–Trinajstić information content (AvgIpc) is 2.46. The minimum Gasteiger partial charge on any atom is -0.376 e. The maximum absolute atomic E-state index is 5.88. The first-order chi connectivity index (χ1) is 9.24. The number of aromatic nitrogens is 2. The van der Waals surface area contributed by atoms with Gasteiger partial charge in [-0.25, -0.2) is 4.98 Å². The van der Waals surface area contributed by atoms with E-state index in [0.717, 1.165) is 50.3 Å². The van der Waals surface area contributed by atoms with Gasteiger partial charge in [-0.1, -0.05) is 6.92 Å². The molecule has 19 heavy (non-hydrogen) atoms. The van der Waals surface area contributed by atoms with Crippen LogP contribution in [-0.4, -0.2) is 42.8 Å². The van der Waals surface area contributed by atoms with Crippen molar-refractivity contribution in [1.29, 1.82) is 0 Å². The second-order valence-corrected chi connectivity index (χ2v) is 5.03. The Morgan fingerprint density at radius 1 is 1.53 bits per heavy atom. The van der Waals surface area contributed by atoms with Crippen LogP contribution in [0, 0.1) is 6.92 Å². The lowest BCUT2D eigenvalue weighted by atomic mass is 10.1. The molecule has 1 fully saturated rings. The zero-order valence-electron chi connectivity index (χ0n) is 12.1. The Morgan fingerprint density at radius 2 is 2.37 bits per heavy atom. The van der Waals surface area contributed by atoms with Crippen LogP contribution in [0.1, 0.15) is 31.7 Å². The number of ether oxygens (including phenoxy) is 1. The van der Waals surface area contributed by atoms with Crippen molar-refractivity contribution in [1.82, 2.24) is 9.97 Å². The Labute approximate surface area is 115 Å². The molecule has 2 rings (SSSR count). The molecule has 5 nitrogen and oxygen atoms in total. The van der Waals surface area contributed by atoms with E-state index in [1.807, 2.05) is 13.2 Å². The molecule has 1 aliphatic rings. The van der Waals surface area contributed by atoms with Crippen LogP contribution in [0.25, 0.3) is 0 Å². The molecule has 0 spiro atoms. The fourth-order valence-corrected chi connectivity index (χ4v) is 2.42. The van der Waals surface area contributed by atoms with E-state index >= 15 is 0 Å². The summed E-state index contributed by atoms with van der Waals surface area (Å²) < 4.78 is 5.88. The summed E-state index contributed by atoms with van der Waals surface area (Å²) in [6.07, 6.45) is 5.60. The number of nitrogens with zero attached hydrogens (tertiary/aromatic N) is 3. The lowest BCUT2D eigenvalue weighted by Crippen LogP contribution is -2.40. The SMILES string of the molecule is CCCOC1CCCN(c2nc(NC)ncc2C)C1. The molecule has 0 bridgehead atoms. The smallest absolute Gasteiger partial charge is 0.224 e. The summed E-state index contributed by atoms with van der Waals surface area (Å²) >= 11 is 0. The number of piperidine rings is 1. The molecule has 0 aromatic carbocycles. The number of anilines is 2. The highest BCUT2D eigenvalue weighted by Crippen LogP contribution is 2.23. The van der Waals surface area contributed by atoms with Crippen molar-refractivity contribution in [2.24, 2.45) is 0 Å². The van der Waals surface area contributed by atoms with Crippen molar-refractivity contribution < 1.29 is 4.74 Å². The second-order valence-electron chi connectivity index (χ2n) is 5.03.